The summed E-state index contributed by atoms with van der Waals surface area (Å²) in [5, 5.41) is 1.18. The van der Waals surface area contributed by atoms with E-state index in [0.717, 1.165) is 31.6 Å². The first-order chi connectivity index (χ1) is 12.5. The van der Waals surface area contributed by atoms with E-state index in [1.165, 1.54) is 24.8 Å². The molecule has 2 unspecified atom stereocenters. The molecule has 2 fully saturated rings. The van der Waals surface area contributed by atoms with E-state index in [1.807, 2.05) is 25.1 Å². The Morgan fingerprint density at radius 1 is 1.19 bits per heavy atom. The molecule has 2 atom stereocenters. The molecule has 2 saturated heterocycles. The number of benzene rings is 1. The number of hydrogen-bond acceptors (Lipinski definition) is 2. The molecule has 142 valence electrons. The van der Waals surface area contributed by atoms with Crippen LogP contribution in [0.15, 0.2) is 24.3 Å². The lowest BCUT2D eigenvalue weighted by Gasteiger charge is -2.40. The SMILES string of the molecule is CCC(=O)N1CCC2CCCC(C1)N2C/C=C(\C)c1ccc(Cl)c(Cl)c1. The van der Waals surface area contributed by atoms with Crippen LogP contribution in [0.5, 0.6) is 0 Å². The quantitative estimate of drug-likeness (QED) is 0.694. The van der Waals surface area contributed by atoms with E-state index in [1.54, 1.807) is 0 Å². The highest BCUT2D eigenvalue weighted by molar-refractivity contribution is 6.42. The number of piperidine rings is 1. The van der Waals surface area contributed by atoms with Crippen LogP contribution in [-0.2, 0) is 4.79 Å². The Kier molecular flexibility index (Phi) is 6.65. The van der Waals surface area contributed by atoms with E-state index in [-0.39, 0.29) is 0 Å². The largest absolute Gasteiger partial charge is 0.341 e. The minimum absolute atomic E-state index is 0.292. The predicted octanol–water partition coefficient (Wildman–Crippen LogP) is 5.26. The summed E-state index contributed by atoms with van der Waals surface area (Å²) in [5.41, 5.74) is 2.33. The molecule has 2 bridgehead atoms. The third-order valence-corrected chi connectivity index (χ3v) is 6.55. The summed E-state index contributed by atoms with van der Waals surface area (Å²) < 4.78 is 0. The molecular weight excluding hydrogens is 367 g/mol. The zero-order valence-corrected chi connectivity index (χ0v) is 17.2. The van der Waals surface area contributed by atoms with Crippen molar-refractivity contribution >= 4 is 34.7 Å². The normalized spacial score (nSPS) is 24.5. The zero-order valence-electron chi connectivity index (χ0n) is 15.7. The van der Waals surface area contributed by atoms with Crippen molar-refractivity contribution in [2.45, 2.75) is 58.0 Å². The topological polar surface area (TPSA) is 23.6 Å². The van der Waals surface area contributed by atoms with Crippen LogP contribution in [0.4, 0.5) is 0 Å². The van der Waals surface area contributed by atoms with Crippen LogP contribution in [0.3, 0.4) is 0 Å². The molecule has 0 aromatic heterocycles. The number of rotatable bonds is 4. The number of halogens is 2. The molecule has 5 heteroatoms. The fourth-order valence-corrected chi connectivity index (χ4v) is 4.52. The maximum absolute atomic E-state index is 12.2. The highest BCUT2D eigenvalue weighted by atomic mass is 35.5. The second-order valence-corrected chi connectivity index (χ2v) is 8.25. The maximum atomic E-state index is 12.2. The van der Waals surface area contributed by atoms with Crippen molar-refractivity contribution in [3.8, 4) is 0 Å². The van der Waals surface area contributed by atoms with E-state index in [2.05, 4.69) is 22.8 Å². The summed E-state index contributed by atoms with van der Waals surface area (Å²) in [6, 6.07) is 6.86. The van der Waals surface area contributed by atoms with Crippen molar-refractivity contribution in [1.82, 2.24) is 9.80 Å². The summed E-state index contributed by atoms with van der Waals surface area (Å²) in [7, 11) is 0. The Morgan fingerprint density at radius 2 is 1.96 bits per heavy atom. The van der Waals surface area contributed by atoms with Gasteiger partial charge in [-0.05, 0) is 49.5 Å². The minimum atomic E-state index is 0.292. The summed E-state index contributed by atoms with van der Waals surface area (Å²) in [4.78, 5) is 16.9. The second-order valence-electron chi connectivity index (χ2n) is 7.43. The van der Waals surface area contributed by atoms with Crippen LogP contribution in [0.2, 0.25) is 10.0 Å². The molecule has 2 aliphatic heterocycles. The molecule has 0 aliphatic carbocycles. The first-order valence-corrected chi connectivity index (χ1v) is 10.4. The summed E-state index contributed by atoms with van der Waals surface area (Å²) in [6.07, 6.45) is 7.68. The standard InChI is InChI=1S/C21H28Cl2N2O/c1-3-21(26)24-11-10-17-5-4-6-18(14-24)25(17)12-9-15(2)16-7-8-19(22)20(23)13-16/h7-9,13,17-18H,3-6,10-12,14H2,1-2H3/b15-9+. The van der Waals surface area contributed by atoms with Gasteiger partial charge in [-0.2, -0.15) is 0 Å². The van der Waals surface area contributed by atoms with E-state index < -0.39 is 0 Å². The number of amides is 1. The average Bonchev–Trinajstić information content (AvgIpc) is 2.73. The lowest BCUT2D eigenvalue weighted by Crippen LogP contribution is -2.48. The average molecular weight is 395 g/mol. The molecule has 0 N–H and O–H groups in total. The van der Waals surface area contributed by atoms with Crippen LogP contribution in [0.25, 0.3) is 5.57 Å². The van der Waals surface area contributed by atoms with Crippen LogP contribution in [-0.4, -0.2) is 47.4 Å². The van der Waals surface area contributed by atoms with Gasteiger partial charge in [-0.25, -0.2) is 0 Å². The number of nitrogens with zero attached hydrogens (tertiary/aromatic N) is 2. The third kappa shape index (κ3) is 4.44. The number of fused-ring (bicyclic) bond motifs is 2. The highest BCUT2D eigenvalue weighted by Gasteiger charge is 2.35. The molecule has 3 nitrogen and oxygen atoms in total. The lowest BCUT2D eigenvalue weighted by molar-refractivity contribution is -0.131. The van der Waals surface area contributed by atoms with Crippen molar-refractivity contribution < 1.29 is 4.79 Å². The molecular formula is C21H28Cl2N2O. The second kappa shape index (κ2) is 8.77. The van der Waals surface area contributed by atoms with Gasteiger partial charge in [0.05, 0.1) is 10.0 Å². The van der Waals surface area contributed by atoms with Gasteiger partial charge in [0.1, 0.15) is 0 Å². The maximum Gasteiger partial charge on any atom is 0.222 e. The van der Waals surface area contributed by atoms with Crippen molar-refractivity contribution in [3.05, 3.63) is 39.9 Å². The first kappa shape index (κ1) is 19.7. The minimum Gasteiger partial charge on any atom is -0.341 e. The summed E-state index contributed by atoms with van der Waals surface area (Å²) >= 11 is 12.2. The van der Waals surface area contributed by atoms with Crippen molar-refractivity contribution in [1.29, 1.82) is 0 Å². The van der Waals surface area contributed by atoms with Gasteiger partial charge in [0.2, 0.25) is 5.91 Å². The van der Waals surface area contributed by atoms with Gasteiger partial charge in [0.15, 0.2) is 0 Å². The lowest BCUT2D eigenvalue weighted by atomic mass is 9.94. The Hall–Kier alpha value is -1.03. The van der Waals surface area contributed by atoms with Crippen molar-refractivity contribution in [2.24, 2.45) is 0 Å². The molecule has 1 aromatic rings. The number of carbonyl (C=O) groups is 1. The Labute approximate surface area is 166 Å². The van der Waals surface area contributed by atoms with E-state index in [0.29, 0.717) is 34.5 Å². The molecule has 2 heterocycles. The number of hydrogen-bond donors (Lipinski definition) is 0. The van der Waals surface area contributed by atoms with Gasteiger partial charge >= 0.3 is 0 Å². The van der Waals surface area contributed by atoms with Crippen molar-refractivity contribution in [2.75, 3.05) is 19.6 Å². The molecule has 1 aromatic carbocycles. The molecule has 1 amide bonds. The van der Waals surface area contributed by atoms with Gasteiger partial charge in [0.25, 0.3) is 0 Å². The predicted molar refractivity (Wildman–Crippen MR) is 110 cm³/mol. The highest BCUT2D eigenvalue weighted by Crippen LogP contribution is 2.30. The van der Waals surface area contributed by atoms with Gasteiger partial charge in [-0.15, -0.1) is 0 Å². The Balaban J connectivity index is 1.73. The Morgan fingerprint density at radius 3 is 2.69 bits per heavy atom. The van der Waals surface area contributed by atoms with E-state index in [4.69, 9.17) is 23.2 Å². The molecule has 3 rings (SSSR count). The van der Waals surface area contributed by atoms with Crippen LogP contribution in [0, 0.1) is 0 Å². The van der Waals surface area contributed by atoms with Gasteiger partial charge in [-0.3, -0.25) is 9.69 Å². The summed E-state index contributed by atoms with van der Waals surface area (Å²) in [5.74, 6) is 0.292. The monoisotopic (exact) mass is 394 g/mol. The fraction of sp³-hybridized carbons (Fsp3) is 0.571. The van der Waals surface area contributed by atoms with Gasteiger partial charge in [-0.1, -0.05) is 48.7 Å². The summed E-state index contributed by atoms with van der Waals surface area (Å²) in [6.45, 7) is 6.79. The van der Waals surface area contributed by atoms with Crippen LogP contribution < -0.4 is 0 Å². The molecule has 0 saturated carbocycles. The van der Waals surface area contributed by atoms with Gasteiger partial charge < -0.3 is 4.90 Å². The van der Waals surface area contributed by atoms with Gasteiger partial charge in [0, 0.05) is 38.1 Å². The van der Waals surface area contributed by atoms with E-state index >= 15 is 0 Å². The molecule has 2 aliphatic rings. The first-order valence-electron chi connectivity index (χ1n) is 9.65. The number of allylic oxidation sites excluding steroid dienone is 1. The third-order valence-electron chi connectivity index (χ3n) is 5.81. The van der Waals surface area contributed by atoms with Crippen LogP contribution >= 0.6 is 23.2 Å². The molecule has 0 spiro atoms. The number of carbonyl (C=O) groups excluding carboxylic acids is 1. The van der Waals surface area contributed by atoms with Crippen LogP contribution in [0.1, 0.15) is 51.5 Å². The fourth-order valence-electron chi connectivity index (χ4n) is 4.23. The molecule has 0 radical (unpaired) electrons. The zero-order chi connectivity index (χ0) is 18.7. The van der Waals surface area contributed by atoms with Crippen molar-refractivity contribution in [3.63, 3.8) is 0 Å². The Bertz CT molecular complexity index is 689. The smallest absolute Gasteiger partial charge is 0.222 e. The molecule has 26 heavy (non-hydrogen) atoms. The van der Waals surface area contributed by atoms with E-state index in [9.17, 15) is 4.79 Å².